The van der Waals surface area contributed by atoms with Gasteiger partial charge in [0.1, 0.15) is 0 Å². The van der Waals surface area contributed by atoms with Crippen LogP contribution in [0.5, 0.6) is 0 Å². The summed E-state index contributed by atoms with van der Waals surface area (Å²) in [6, 6.07) is 6.94. The summed E-state index contributed by atoms with van der Waals surface area (Å²) < 4.78 is 32.1. The van der Waals surface area contributed by atoms with E-state index in [-0.39, 0.29) is 17.5 Å². The first-order chi connectivity index (χ1) is 9.99. The number of nitrogens with one attached hydrogen (secondary N) is 2. The predicted octanol–water partition coefficient (Wildman–Crippen LogP) is 1.89. The Morgan fingerprint density at radius 2 is 1.86 bits per heavy atom. The molecule has 1 rings (SSSR count). The van der Waals surface area contributed by atoms with Crippen LogP contribution in [0.25, 0.3) is 0 Å². The molecular weight excluding hydrogens is 288 g/mol. The highest BCUT2D eigenvalue weighted by Gasteiger charge is 2.14. The summed E-state index contributed by atoms with van der Waals surface area (Å²) in [6.07, 6.45) is 0.941. The molecule has 0 spiro atoms. The molecule has 1 aromatic carbocycles. The number of hydrogen-bond acceptors (Lipinski definition) is 4. The van der Waals surface area contributed by atoms with E-state index in [1.165, 1.54) is 0 Å². The van der Waals surface area contributed by atoms with Crippen molar-refractivity contribution in [2.45, 2.75) is 44.7 Å². The Bertz CT molecular complexity index is 500. The molecule has 0 aromatic heterocycles. The highest BCUT2D eigenvalue weighted by atomic mass is 32.2. The lowest BCUT2D eigenvalue weighted by molar-refractivity contribution is 0.0799. The Kier molecular flexibility index (Phi) is 7.88. The Labute approximate surface area is 128 Å². The molecule has 0 saturated carbocycles. The average molecular weight is 314 g/mol. The summed E-state index contributed by atoms with van der Waals surface area (Å²) >= 11 is 0. The number of ether oxygens (including phenoxy) is 1. The maximum atomic E-state index is 12.1. The molecule has 0 saturated heterocycles. The van der Waals surface area contributed by atoms with Crippen molar-refractivity contribution < 1.29 is 13.2 Å². The van der Waals surface area contributed by atoms with Crippen LogP contribution in [0, 0.1) is 0 Å². The Hall–Kier alpha value is -0.950. The number of benzene rings is 1. The molecule has 120 valence electrons. The van der Waals surface area contributed by atoms with E-state index in [2.05, 4.69) is 17.0 Å². The Morgan fingerprint density at radius 1 is 1.19 bits per heavy atom. The molecule has 5 nitrogen and oxygen atoms in total. The van der Waals surface area contributed by atoms with E-state index in [1.54, 1.807) is 12.1 Å². The van der Waals surface area contributed by atoms with Gasteiger partial charge in [-0.1, -0.05) is 19.1 Å². The molecule has 0 aliphatic carbocycles. The molecule has 0 radical (unpaired) electrons. The molecule has 2 N–H and O–H groups in total. The predicted molar refractivity (Wildman–Crippen MR) is 84.7 cm³/mol. The van der Waals surface area contributed by atoms with Crippen LogP contribution in [0.3, 0.4) is 0 Å². The average Bonchev–Trinajstić information content (AvgIpc) is 2.46. The molecule has 0 amide bonds. The Morgan fingerprint density at radius 3 is 2.43 bits per heavy atom. The first-order valence-electron chi connectivity index (χ1n) is 7.40. The van der Waals surface area contributed by atoms with E-state index in [9.17, 15) is 8.42 Å². The van der Waals surface area contributed by atoms with Crippen LogP contribution in [-0.4, -0.2) is 34.2 Å². The van der Waals surface area contributed by atoms with Gasteiger partial charge in [0.05, 0.1) is 11.0 Å². The second-order valence-electron chi connectivity index (χ2n) is 4.94. The lowest BCUT2D eigenvalue weighted by Crippen LogP contribution is -2.32. The maximum Gasteiger partial charge on any atom is 0.240 e. The standard InChI is InChI=1S/C15H26N2O3S/c1-4-10-16-12-14-6-8-15(9-7-14)21(18,19)17-11-13(3)20-5-2/h6-9,13,16-17H,4-5,10-12H2,1-3H3. The van der Waals surface area contributed by atoms with Gasteiger partial charge in [0, 0.05) is 19.7 Å². The lowest BCUT2D eigenvalue weighted by atomic mass is 10.2. The van der Waals surface area contributed by atoms with Crippen LogP contribution >= 0.6 is 0 Å². The third-order valence-electron chi connectivity index (χ3n) is 3.00. The van der Waals surface area contributed by atoms with Gasteiger partial charge in [-0.05, 0) is 44.5 Å². The fourth-order valence-electron chi connectivity index (χ4n) is 1.85. The fraction of sp³-hybridized carbons (Fsp3) is 0.600. The van der Waals surface area contributed by atoms with Gasteiger partial charge >= 0.3 is 0 Å². The molecule has 0 aliphatic heterocycles. The summed E-state index contributed by atoms with van der Waals surface area (Å²) in [5, 5.41) is 3.28. The van der Waals surface area contributed by atoms with Crippen molar-refractivity contribution in [3.63, 3.8) is 0 Å². The van der Waals surface area contributed by atoms with Crippen molar-refractivity contribution in [3.8, 4) is 0 Å². The first kappa shape index (κ1) is 18.1. The van der Waals surface area contributed by atoms with Gasteiger partial charge in [-0.2, -0.15) is 0 Å². The number of hydrogen-bond donors (Lipinski definition) is 2. The minimum absolute atomic E-state index is 0.137. The Balaban J connectivity index is 2.58. The third-order valence-corrected chi connectivity index (χ3v) is 4.44. The second-order valence-corrected chi connectivity index (χ2v) is 6.71. The molecule has 0 heterocycles. The topological polar surface area (TPSA) is 67.4 Å². The fourth-order valence-corrected chi connectivity index (χ4v) is 2.96. The summed E-state index contributed by atoms with van der Waals surface area (Å²) in [4.78, 5) is 0.283. The first-order valence-corrected chi connectivity index (χ1v) is 8.88. The molecule has 1 aromatic rings. The molecule has 1 atom stereocenters. The van der Waals surface area contributed by atoms with E-state index in [1.807, 2.05) is 26.0 Å². The van der Waals surface area contributed by atoms with Crippen LogP contribution in [0.15, 0.2) is 29.2 Å². The van der Waals surface area contributed by atoms with Crippen LogP contribution < -0.4 is 10.0 Å². The third kappa shape index (κ3) is 6.56. The molecule has 21 heavy (non-hydrogen) atoms. The van der Waals surface area contributed by atoms with Crippen molar-refractivity contribution in [1.82, 2.24) is 10.0 Å². The van der Waals surface area contributed by atoms with Crippen molar-refractivity contribution >= 4 is 10.0 Å². The van der Waals surface area contributed by atoms with Crippen molar-refractivity contribution in [2.24, 2.45) is 0 Å². The van der Waals surface area contributed by atoms with Gasteiger partial charge in [-0.25, -0.2) is 13.1 Å². The van der Waals surface area contributed by atoms with Crippen LogP contribution in [-0.2, 0) is 21.3 Å². The second kappa shape index (κ2) is 9.15. The van der Waals surface area contributed by atoms with Gasteiger partial charge in [0.25, 0.3) is 0 Å². The van der Waals surface area contributed by atoms with Gasteiger partial charge in [0.2, 0.25) is 10.0 Å². The van der Waals surface area contributed by atoms with E-state index >= 15 is 0 Å². The summed E-state index contributed by atoms with van der Waals surface area (Å²) in [5.74, 6) is 0. The summed E-state index contributed by atoms with van der Waals surface area (Å²) in [5.41, 5.74) is 1.07. The zero-order valence-corrected chi connectivity index (χ0v) is 13.9. The molecule has 0 bridgehead atoms. The van der Waals surface area contributed by atoms with Gasteiger partial charge in [0.15, 0.2) is 0 Å². The number of sulfonamides is 1. The smallest absolute Gasteiger partial charge is 0.240 e. The molecular formula is C15H26N2O3S. The highest BCUT2D eigenvalue weighted by Crippen LogP contribution is 2.10. The maximum absolute atomic E-state index is 12.1. The minimum atomic E-state index is -3.47. The van der Waals surface area contributed by atoms with Gasteiger partial charge < -0.3 is 10.1 Å². The number of rotatable bonds is 10. The lowest BCUT2D eigenvalue weighted by Gasteiger charge is -2.13. The molecule has 0 aliphatic rings. The molecule has 0 fully saturated rings. The largest absolute Gasteiger partial charge is 0.377 e. The SMILES string of the molecule is CCCNCc1ccc(S(=O)(=O)NCC(C)OCC)cc1. The van der Waals surface area contributed by atoms with Crippen molar-refractivity contribution in [3.05, 3.63) is 29.8 Å². The van der Waals surface area contributed by atoms with E-state index in [4.69, 9.17) is 4.74 Å². The van der Waals surface area contributed by atoms with Crippen LogP contribution in [0.2, 0.25) is 0 Å². The monoisotopic (exact) mass is 314 g/mol. The summed E-state index contributed by atoms with van der Waals surface area (Å²) in [6.45, 7) is 8.39. The van der Waals surface area contributed by atoms with E-state index in [0.717, 1.165) is 25.1 Å². The van der Waals surface area contributed by atoms with E-state index < -0.39 is 10.0 Å². The van der Waals surface area contributed by atoms with Gasteiger partial charge in [-0.3, -0.25) is 0 Å². The van der Waals surface area contributed by atoms with Crippen LogP contribution in [0.4, 0.5) is 0 Å². The van der Waals surface area contributed by atoms with Crippen molar-refractivity contribution in [2.75, 3.05) is 19.7 Å². The summed E-state index contributed by atoms with van der Waals surface area (Å²) in [7, 11) is -3.47. The van der Waals surface area contributed by atoms with E-state index in [0.29, 0.717) is 6.61 Å². The zero-order chi connectivity index (χ0) is 15.7. The van der Waals surface area contributed by atoms with Crippen molar-refractivity contribution in [1.29, 1.82) is 0 Å². The zero-order valence-electron chi connectivity index (χ0n) is 13.1. The quantitative estimate of drug-likeness (QED) is 0.647. The normalized spacial score (nSPS) is 13.3. The minimum Gasteiger partial charge on any atom is -0.377 e. The highest BCUT2D eigenvalue weighted by molar-refractivity contribution is 7.89. The molecule has 6 heteroatoms. The van der Waals surface area contributed by atoms with Crippen LogP contribution in [0.1, 0.15) is 32.8 Å². The van der Waals surface area contributed by atoms with Gasteiger partial charge in [-0.15, -0.1) is 0 Å². The molecule has 1 unspecified atom stereocenters.